The molecule has 1 atom stereocenters. The Morgan fingerprint density at radius 3 is 2.75 bits per heavy atom. The van der Waals surface area contributed by atoms with E-state index < -0.39 is 0 Å². The van der Waals surface area contributed by atoms with Crippen LogP contribution in [0.5, 0.6) is 0 Å². The lowest BCUT2D eigenvalue weighted by atomic mass is 10.0. The third-order valence-corrected chi connectivity index (χ3v) is 4.30. The van der Waals surface area contributed by atoms with Gasteiger partial charge in [-0.15, -0.1) is 0 Å². The van der Waals surface area contributed by atoms with Crippen LogP contribution in [0.3, 0.4) is 0 Å². The summed E-state index contributed by atoms with van der Waals surface area (Å²) in [6.45, 7) is 4.92. The van der Waals surface area contributed by atoms with E-state index in [1.165, 1.54) is 12.1 Å². The first-order chi connectivity index (χ1) is 9.56. The van der Waals surface area contributed by atoms with Gasteiger partial charge in [-0.1, -0.05) is 19.1 Å². The van der Waals surface area contributed by atoms with Crippen molar-refractivity contribution in [1.82, 2.24) is 9.78 Å². The summed E-state index contributed by atoms with van der Waals surface area (Å²) in [7, 11) is 0. The Morgan fingerprint density at radius 1 is 1.40 bits per heavy atom. The minimum Gasteiger partial charge on any atom is -0.324 e. The van der Waals surface area contributed by atoms with Crippen molar-refractivity contribution < 1.29 is 4.39 Å². The lowest BCUT2D eigenvalue weighted by Gasteiger charge is -2.13. The summed E-state index contributed by atoms with van der Waals surface area (Å²) in [6.07, 6.45) is 1.50. The first kappa shape index (κ1) is 15.2. The molecule has 108 valence electrons. The highest BCUT2D eigenvalue weighted by Gasteiger charge is 2.17. The second-order valence-electron chi connectivity index (χ2n) is 4.74. The summed E-state index contributed by atoms with van der Waals surface area (Å²) in [5, 5.41) is 4.55. The first-order valence-corrected chi connectivity index (χ1v) is 7.61. The smallest absolute Gasteiger partial charge is 0.123 e. The van der Waals surface area contributed by atoms with Crippen LogP contribution in [0.2, 0.25) is 0 Å². The highest BCUT2D eigenvalue weighted by Crippen LogP contribution is 2.26. The maximum absolute atomic E-state index is 13.3. The average Bonchev–Trinajstić information content (AvgIpc) is 2.75. The molecule has 5 heteroatoms. The van der Waals surface area contributed by atoms with Crippen molar-refractivity contribution in [1.29, 1.82) is 0 Å². The molecule has 0 bridgehead atoms. The zero-order valence-corrected chi connectivity index (χ0v) is 13.3. The molecule has 1 aromatic heterocycles. The van der Waals surface area contributed by atoms with E-state index in [1.807, 2.05) is 10.7 Å². The standard InChI is InChI=1S/C15H19BrFN3/c1-3-13-15(16)14(20(4-2)19-13)9-12(18)10-6-5-7-11(17)8-10/h5-8,12H,3-4,9,18H2,1-2H3. The van der Waals surface area contributed by atoms with Crippen molar-refractivity contribution in [3.8, 4) is 0 Å². The van der Waals surface area contributed by atoms with Crippen LogP contribution >= 0.6 is 15.9 Å². The maximum atomic E-state index is 13.3. The fourth-order valence-electron chi connectivity index (χ4n) is 2.28. The number of aromatic nitrogens is 2. The van der Waals surface area contributed by atoms with Crippen LogP contribution in [0, 0.1) is 5.82 Å². The molecule has 0 aliphatic heterocycles. The van der Waals surface area contributed by atoms with Crippen LogP contribution in [0.4, 0.5) is 4.39 Å². The average molecular weight is 340 g/mol. The number of benzene rings is 1. The van der Waals surface area contributed by atoms with Crippen LogP contribution in [-0.4, -0.2) is 9.78 Å². The topological polar surface area (TPSA) is 43.8 Å². The van der Waals surface area contributed by atoms with Crippen molar-refractivity contribution in [3.63, 3.8) is 0 Å². The molecule has 0 aliphatic carbocycles. The minimum atomic E-state index is -0.254. The second kappa shape index (κ2) is 6.50. The zero-order valence-electron chi connectivity index (χ0n) is 11.7. The molecular formula is C15H19BrFN3. The minimum absolute atomic E-state index is 0.242. The van der Waals surface area contributed by atoms with Gasteiger partial charge >= 0.3 is 0 Å². The molecule has 2 N–H and O–H groups in total. The molecule has 0 spiro atoms. The van der Waals surface area contributed by atoms with Gasteiger partial charge in [0.2, 0.25) is 0 Å². The number of rotatable bonds is 5. The van der Waals surface area contributed by atoms with Gasteiger partial charge in [-0.05, 0) is 47.0 Å². The summed E-state index contributed by atoms with van der Waals surface area (Å²) in [5.41, 5.74) is 9.12. The van der Waals surface area contributed by atoms with E-state index in [0.717, 1.165) is 34.4 Å². The molecule has 0 amide bonds. The van der Waals surface area contributed by atoms with Gasteiger partial charge < -0.3 is 5.73 Å². The van der Waals surface area contributed by atoms with Crippen molar-refractivity contribution in [2.75, 3.05) is 0 Å². The number of nitrogens with zero attached hydrogens (tertiary/aromatic N) is 2. The van der Waals surface area contributed by atoms with Gasteiger partial charge in [-0.25, -0.2) is 4.39 Å². The zero-order chi connectivity index (χ0) is 14.7. The lowest BCUT2D eigenvalue weighted by molar-refractivity contribution is 0.580. The van der Waals surface area contributed by atoms with Gasteiger partial charge in [-0.3, -0.25) is 4.68 Å². The molecule has 0 aliphatic rings. The Balaban J connectivity index is 2.27. The van der Waals surface area contributed by atoms with E-state index in [9.17, 15) is 4.39 Å². The van der Waals surface area contributed by atoms with Gasteiger partial charge in [0.1, 0.15) is 5.82 Å². The van der Waals surface area contributed by atoms with E-state index in [0.29, 0.717) is 6.42 Å². The predicted molar refractivity (Wildman–Crippen MR) is 82.0 cm³/mol. The van der Waals surface area contributed by atoms with E-state index in [-0.39, 0.29) is 11.9 Å². The van der Waals surface area contributed by atoms with Crippen LogP contribution < -0.4 is 5.73 Å². The predicted octanol–water partition coefficient (Wildman–Crippen LogP) is 3.61. The Kier molecular flexibility index (Phi) is 4.94. The third-order valence-electron chi connectivity index (χ3n) is 3.38. The molecule has 20 heavy (non-hydrogen) atoms. The summed E-state index contributed by atoms with van der Waals surface area (Å²) >= 11 is 3.61. The Morgan fingerprint density at radius 2 is 2.15 bits per heavy atom. The van der Waals surface area contributed by atoms with Crippen molar-refractivity contribution in [2.45, 2.75) is 39.3 Å². The normalized spacial score (nSPS) is 12.7. The molecule has 2 rings (SSSR count). The molecule has 0 saturated heterocycles. The lowest BCUT2D eigenvalue weighted by Crippen LogP contribution is -2.16. The van der Waals surface area contributed by atoms with E-state index in [1.54, 1.807) is 6.07 Å². The highest BCUT2D eigenvalue weighted by atomic mass is 79.9. The molecule has 0 radical (unpaired) electrons. The van der Waals surface area contributed by atoms with Crippen molar-refractivity contribution >= 4 is 15.9 Å². The molecule has 1 unspecified atom stereocenters. The highest BCUT2D eigenvalue weighted by molar-refractivity contribution is 9.10. The first-order valence-electron chi connectivity index (χ1n) is 6.81. The Labute approximate surface area is 127 Å². The third kappa shape index (κ3) is 3.10. The van der Waals surface area contributed by atoms with Gasteiger partial charge in [0.15, 0.2) is 0 Å². The number of hydrogen-bond acceptors (Lipinski definition) is 2. The molecule has 3 nitrogen and oxygen atoms in total. The van der Waals surface area contributed by atoms with Crippen LogP contribution in [0.1, 0.15) is 36.8 Å². The Hall–Kier alpha value is -1.20. The molecular weight excluding hydrogens is 321 g/mol. The van der Waals surface area contributed by atoms with E-state index >= 15 is 0 Å². The summed E-state index contributed by atoms with van der Waals surface area (Å²) in [5.74, 6) is -0.254. The van der Waals surface area contributed by atoms with Crippen LogP contribution in [0.25, 0.3) is 0 Å². The number of nitrogens with two attached hydrogens (primary N) is 1. The van der Waals surface area contributed by atoms with Gasteiger partial charge in [0.25, 0.3) is 0 Å². The van der Waals surface area contributed by atoms with Gasteiger partial charge in [-0.2, -0.15) is 5.10 Å². The molecule has 1 aromatic carbocycles. The number of halogens is 2. The molecule has 2 aromatic rings. The summed E-state index contributed by atoms with van der Waals surface area (Å²) in [6, 6.07) is 6.22. The van der Waals surface area contributed by atoms with Crippen LogP contribution in [-0.2, 0) is 19.4 Å². The monoisotopic (exact) mass is 339 g/mol. The molecule has 1 heterocycles. The number of hydrogen-bond donors (Lipinski definition) is 1. The molecule has 0 fully saturated rings. The van der Waals surface area contributed by atoms with Gasteiger partial charge in [0, 0.05) is 19.0 Å². The quantitative estimate of drug-likeness (QED) is 0.904. The number of aryl methyl sites for hydroxylation is 2. The SMILES string of the molecule is CCc1nn(CC)c(CC(N)c2cccc(F)c2)c1Br. The second-order valence-corrected chi connectivity index (χ2v) is 5.54. The van der Waals surface area contributed by atoms with Crippen LogP contribution in [0.15, 0.2) is 28.7 Å². The largest absolute Gasteiger partial charge is 0.324 e. The summed E-state index contributed by atoms with van der Waals surface area (Å²) < 4.78 is 16.2. The van der Waals surface area contributed by atoms with Crippen molar-refractivity contribution in [2.24, 2.45) is 5.73 Å². The van der Waals surface area contributed by atoms with E-state index in [2.05, 4.69) is 34.9 Å². The fourth-order valence-corrected chi connectivity index (χ4v) is 3.00. The fraction of sp³-hybridized carbons (Fsp3) is 0.400. The maximum Gasteiger partial charge on any atom is 0.123 e. The van der Waals surface area contributed by atoms with E-state index in [4.69, 9.17) is 5.73 Å². The Bertz CT molecular complexity index is 595. The van der Waals surface area contributed by atoms with Gasteiger partial charge in [0.05, 0.1) is 15.9 Å². The summed E-state index contributed by atoms with van der Waals surface area (Å²) in [4.78, 5) is 0. The van der Waals surface area contributed by atoms with Crippen molar-refractivity contribution in [3.05, 3.63) is 51.5 Å². The molecule has 0 saturated carbocycles.